The van der Waals surface area contributed by atoms with Crippen LogP contribution in [0.3, 0.4) is 0 Å². The number of fused-ring (bicyclic) bond motifs is 1. The molecule has 0 saturated heterocycles. The van der Waals surface area contributed by atoms with Gasteiger partial charge < -0.3 is 14.4 Å². The quantitative estimate of drug-likeness (QED) is 0.263. The maximum Gasteiger partial charge on any atom is 0.355 e. The summed E-state index contributed by atoms with van der Waals surface area (Å²) in [6.07, 6.45) is 2.92. The SMILES string of the molecule is CCOC(=O)/C=C(\C(=O)OCC)N1C=C(Br)c2ccccc2C1C#Cc1ccc(C(C)(C)C)cc1. The molecular weight excluding hydrogens is 506 g/mol. The van der Waals surface area contributed by atoms with Crippen molar-refractivity contribution in [1.82, 2.24) is 4.90 Å². The summed E-state index contributed by atoms with van der Waals surface area (Å²) in [7, 11) is 0. The highest BCUT2D eigenvalue weighted by Crippen LogP contribution is 2.39. The average Bonchev–Trinajstić information content (AvgIpc) is 2.82. The molecule has 35 heavy (non-hydrogen) atoms. The summed E-state index contributed by atoms with van der Waals surface area (Å²) in [6.45, 7) is 10.3. The summed E-state index contributed by atoms with van der Waals surface area (Å²) in [6, 6.07) is 15.5. The van der Waals surface area contributed by atoms with E-state index in [-0.39, 0.29) is 24.3 Å². The smallest absolute Gasteiger partial charge is 0.355 e. The standard InChI is InChI=1S/C29H30BrNO4/c1-6-34-27(32)18-26(28(33)35-7-2)31-19-24(30)22-10-8-9-11-23(22)25(31)17-14-20-12-15-21(16-13-20)29(3,4)5/h8-13,15-16,18-19,25H,6-7H2,1-5H3/b26-18+. The Balaban J connectivity index is 2.10. The van der Waals surface area contributed by atoms with Gasteiger partial charge in [-0.2, -0.15) is 0 Å². The molecule has 0 aromatic heterocycles. The second-order valence-corrected chi connectivity index (χ2v) is 9.83. The van der Waals surface area contributed by atoms with Crippen LogP contribution in [0.5, 0.6) is 0 Å². The number of carbonyl (C=O) groups excluding carboxylic acids is 2. The molecule has 1 aliphatic heterocycles. The normalized spacial score (nSPS) is 15.4. The summed E-state index contributed by atoms with van der Waals surface area (Å²) >= 11 is 3.61. The van der Waals surface area contributed by atoms with Gasteiger partial charge >= 0.3 is 11.9 Å². The Bertz CT molecular complexity index is 1210. The largest absolute Gasteiger partial charge is 0.463 e. The Morgan fingerprint density at radius 2 is 1.69 bits per heavy atom. The molecule has 0 N–H and O–H groups in total. The zero-order chi connectivity index (χ0) is 25.6. The first-order valence-electron chi connectivity index (χ1n) is 11.6. The Labute approximate surface area is 215 Å². The minimum atomic E-state index is -0.627. The van der Waals surface area contributed by atoms with E-state index >= 15 is 0 Å². The van der Waals surface area contributed by atoms with Crippen molar-refractivity contribution in [2.45, 2.75) is 46.1 Å². The van der Waals surface area contributed by atoms with Gasteiger partial charge in [0.05, 0.1) is 19.3 Å². The molecule has 0 spiro atoms. The van der Waals surface area contributed by atoms with Crippen LogP contribution in [0.2, 0.25) is 0 Å². The summed E-state index contributed by atoms with van der Waals surface area (Å²) in [5, 5.41) is 0. The first-order chi connectivity index (χ1) is 16.7. The topological polar surface area (TPSA) is 55.8 Å². The highest BCUT2D eigenvalue weighted by Gasteiger charge is 2.31. The van der Waals surface area contributed by atoms with E-state index in [1.165, 1.54) is 11.6 Å². The number of ether oxygens (including phenoxy) is 2. The number of hydrogen-bond donors (Lipinski definition) is 0. The highest BCUT2D eigenvalue weighted by molar-refractivity contribution is 9.15. The third-order valence-corrected chi connectivity index (χ3v) is 6.08. The molecule has 0 bridgehead atoms. The molecule has 6 heteroatoms. The number of halogens is 1. The predicted molar refractivity (Wildman–Crippen MR) is 141 cm³/mol. The van der Waals surface area contributed by atoms with Crippen molar-refractivity contribution in [2.24, 2.45) is 0 Å². The monoisotopic (exact) mass is 535 g/mol. The van der Waals surface area contributed by atoms with Crippen molar-refractivity contribution in [3.05, 3.63) is 88.8 Å². The Morgan fingerprint density at radius 1 is 1.03 bits per heavy atom. The number of benzene rings is 2. The van der Waals surface area contributed by atoms with E-state index in [9.17, 15) is 9.59 Å². The summed E-state index contributed by atoms with van der Waals surface area (Å²) in [4.78, 5) is 26.9. The second kappa shape index (κ2) is 11.4. The van der Waals surface area contributed by atoms with Gasteiger partial charge in [0.2, 0.25) is 0 Å². The molecule has 1 unspecified atom stereocenters. The van der Waals surface area contributed by atoms with Crippen LogP contribution in [-0.2, 0) is 24.5 Å². The van der Waals surface area contributed by atoms with Crippen molar-refractivity contribution >= 4 is 32.4 Å². The molecule has 1 atom stereocenters. The van der Waals surface area contributed by atoms with Gasteiger partial charge in [0.15, 0.2) is 0 Å². The van der Waals surface area contributed by atoms with Crippen LogP contribution in [-0.4, -0.2) is 30.1 Å². The summed E-state index contributed by atoms with van der Waals surface area (Å²) in [5.74, 6) is 5.32. The van der Waals surface area contributed by atoms with Gasteiger partial charge in [0, 0.05) is 16.2 Å². The summed E-state index contributed by atoms with van der Waals surface area (Å²) in [5.41, 5.74) is 4.05. The molecule has 2 aromatic rings. The van der Waals surface area contributed by atoms with Gasteiger partial charge in [-0.05, 0) is 64.0 Å². The van der Waals surface area contributed by atoms with Crippen LogP contribution in [0.15, 0.2) is 66.5 Å². The predicted octanol–water partition coefficient (Wildman–Crippen LogP) is 6.10. The fourth-order valence-electron chi connectivity index (χ4n) is 3.67. The molecule has 0 radical (unpaired) electrons. The molecule has 1 heterocycles. The van der Waals surface area contributed by atoms with Crippen molar-refractivity contribution in [3.8, 4) is 11.8 Å². The number of carbonyl (C=O) groups is 2. The lowest BCUT2D eigenvalue weighted by molar-refractivity contribution is -0.142. The Kier molecular flexibility index (Phi) is 8.58. The van der Waals surface area contributed by atoms with Gasteiger partial charge in [0.25, 0.3) is 0 Å². The molecule has 0 aliphatic carbocycles. The lowest BCUT2D eigenvalue weighted by atomic mass is 9.87. The van der Waals surface area contributed by atoms with Crippen molar-refractivity contribution in [2.75, 3.05) is 13.2 Å². The fourth-order valence-corrected chi connectivity index (χ4v) is 4.25. The Morgan fingerprint density at radius 3 is 2.31 bits per heavy atom. The van der Waals surface area contributed by atoms with E-state index in [0.717, 1.165) is 21.2 Å². The van der Waals surface area contributed by atoms with Crippen molar-refractivity contribution in [1.29, 1.82) is 0 Å². The molecule has 1 aliphatic rings. The second-order valence-electron chi connectivity index (χ2n) is 8.97. The third-order valence-electron chi connectivity index (χ3n) is 5.45. The van der Waals surface area contributed by atoms with Crippen molar-refractivity contribution < 1.29 is 19.1 Å². The van der Waals surface area contributed by atoms with E-state index in [0.29, 0.717) is 0 Å². The third kappa shape index (κ3) is 6.43. The summed E-state index contributed by atoms with van der Waals surface area (Å²) < 4.78 is 11.1. The number of nitrogens with zero attached hydrogens (tertiary/aromatic N) is 1. The van der Waals surface area contributed by atoms with E-state index in [1.54, 1.807) is 24.9 Å². The van der Waals surface area contributed by atoms with Crippen LogP contribution in [0.1, 0.15) is 62.9 Å². The van der Waals surface area contributed by atoms with Crippen LogP contribution in [0.25, 0.3) is 4.48 Å². The number of esters is 2. The van der Waals surface area contributed by atoms with Crippen molar-refractivity contribution in [3.63, 3.8) is 0 Å². The number of hydrogen-bond acceptors (Lipinski definition) is 5. The number of rotatable bonds is 5. The maximum absolute atomic E-state index is 12.9. The van der Waals surface area contributed by atoms with Gasteiger partial charge in [0.1, 0.15) is 11.7 Å². The van der Waals surface area contributed by atoms with E-state index in [1.807, 2.05) is 36.4 Å². The highest BCUT2D eigenvalue weighted by atomic mass is 79.9. The maximum atomic E-state index is 12.9. The molecule has 182 valence electrons. The zero-order valence-corrected chi connectivity index (χ0v) is 22.3. The minimum Gasteiger partial charge on any atom is -0.463 e. The zero-order valence-electron chi connectivity index (χ0n) is 20.7. The first kappa shape index (κ1) is 26.3. The van der Waals surface area contributed by atoms with Gasteiger partial charge in [-0.3, -0.25) is 0 Å². The fraction of sp³-hybridized carbons (Fsp3) is 0.310. The van der Waals surface area contributed by atoms with Crippen LogP contribution in [0, 0.1) is 11.8 Å². The molecule has 5 nitrogen and oxygen atoms in total. The van der Waals surface area contributed by atoms with Gasteiger partial charge in [-0.25, -0.2) is 9.59 Å². The lowest BCUT2D eigenvalue weighted by Crippen LogP contribution is -2.31. The first-order valence-corrected chi connectivity index (χ1v) is 12.4. The Hall–Kier alpha value is -3.30. The molecule has 0 saturated carbocycles. The molecule has 0 fully saturated rings. The molecule has 0 amide bonds. The van der Waals surface area contributed by atoms with E-state index in [4.69, 9.17) is 9.47 Å². The molecule has 2 aromatic carbocycles. The van der Waals surface area contributed by atoms with Crippen LogP contribution in [0.4, 0.5) is 0 Å². The van der Waals surface area contributed by atoms with E-state index < -0.39 is 18.0 Å². The van der Waals surface area contributed by atoms with Crippen LogP contribution < -0.4 is 0 Å². The average molecular weight is 536 g/mol. The molecule has 3 rings (SSSR count). The lowest BCUT2D eigenvalue weighted by Gasteiger charge is -2.33. The van der Waals surface area contributed by atoms with Crippen LogP contribution >= 0.6 is 15.9 Å². The molecular formula is C29H30BrNO4. The van der Waals surface area contributed by atoms with Gasteiger partial charge in [-0.15, -0.1) is 0 Å². The van der Waals surface area contributed by atoms with E-state index in [2.05, 4.69) is 60.7 Å². The minimum absolute atomic E-state index is 0.0502. The van der Waals surface area contributed by atoms with Gasteiger partial charge in [-0.1, -0.05) is 69.0 Å².